The van der Waals surface area contributed by atoms with Crippen LogP contribution in [-0.2, 0) is 14.3 Å². The third-order valence-electron chi connectivity index (χ3n) is 3.92. The molecule has 2 atom stereocenters. The van der Waals surface area contributed by atoms with Crippen LogP contribution in [0, 0.1) is 0 Å². The summed E-state index contributed by atoms with van der Waals surface area (Å²) in [7, 11) is 0. The van der Waals surface area contributed by atoms with Gasteiger partial charge in [-0.3, -0.25) is 0 Å². The monoisotopic (exact) mass is 435 g/mol. The quantitative estimate of drug-likeness (QED) is 0.406. The van der Waals surface area contributed by atoms with Crippen LogP contribution in [0.3, 0.4) is 0 Å². The van der Waals surface area contributed by atoms with E-state index in [1.807, 2.05) is 60.7 Å². The van der Waals surface area contributed by atoms with E-state index in [-0.39, 0.29) is 5.97 Å². The van der Waals surface area contributed by atoms with Gasteiger partial charge in [0.2, 0.25) is 11.5 Å². The lowest BCUT2D eigenvalue weighted by Gasteiger charge is -2.29. The van der Waals surface area contributed by atoms with Gasteiger partial charge in [0.1, 0.15) is 6.04 Å². The summed E-state index contributed by atoms with van der Waals surface area (Å²) in [6.45, 7) is 2.10. The van der Waals surface area contributed by atoms with Gasteiger partial charge in [0, 0.05) is 5.56 Å². The predicted molar refractivity (Wildman–Crippen MR) is 101 cm³/mol. The van der Waals surface area contributed by atoms with E-state index >= 15 is 0 Å². The van der Waals surface area contributed by atoms with Gasteiger partial charge in [0.05, 0.1) is 11.0 Å². The minimum Gasteiger partial charge on any atom is -0.463 e. The topological polar surface area (TPSA) is 47.9 Å². The van der Waals surface area contributed by atoms with Crippen LogP contribution in [0.25, 0.3) is 0 Å². The maximum absolute atomic E-state index is 12.7. The molecule has 0 saturated carbocycles. The lowest BCUT2D eigenvalue weighted by molar-refractivity contribution is -0.160. The lowest BCUT2D eigenvalue weighted by Crippen LogP contribution is -2.47. The molecule has 2 aromatic carbocycles. The predicted octanol–water partition coefficient (Wildman–Crippen LogP) is 3.94. The molecule has 0 aromatic heterocycles. The van der Waals surface area contributed by atoms with Gasteiger partial charge in [-0.1, -0.05) is 71.1 Å². The lowest BCUT2D eigenvalue weighted by atomic mass is 9.91. The van der Waals surface area contributed by atoms with E-state index in [0.29, 0.717) is 16.9 Å². The molecule has 0 radical (unpaired) electrons. The van der Waals surface area contributed by atoms with E-state index in [9.17, 15) is 4.79 Å². The van der Waals surface area contributed by atoms with Crippen LogP contribution in [-0.4, -0.2) is 28.5 Å². The molecule has 0 amide bonds. The van der Waals surface area contributed by atoms with Gasteiger partial charge in [-0.05, 0) is 24.6 Å². The fourth-order valence-electron chi connectivity index (χ4n) is 2.73. The zero-order valence-electron chi connectivity index (χ0n) is 13.3. The van der Waals surface area contributed by atoms with Crippen molar-refractivity contribution in [2.24, 2.45) is 4.99 Å². The number of hydrogen-bond acceptors (Lipinski definition) is 4. The highest BCUT2D eigenvalue weighted by molar-refractivity contribution is 14.1. The fourth-order valence-corrected chi connectivity index (χ4v) is 3.62. The number of carbonyl (C=O) groups excluding carboxylic acids is 1. The van der Waals surface area contributed by atoms with E-state index in [1.165, 1.54) is 0 Å². The highest BCUT2D eigenvalue weighted by atomic mass is 127. The molecule has 0 fully saturated rings. The highest BCUT2D eigenvalue weighted by Gasteiger charge is 2.54. The summed E-state index contributed by atoms with van der Waals surface area (Å²) in [5.41, 5.74) is 0.658. The summed E-state index contributed by atoms with van der Waals surface area (Å²) < 4.78 is 11.9. The number of nitrogens with zero attached hydrogens (tertiary/aromatic N) is 1. The van der Waals surface area contributed by atoms with Crippen molar-refractivity contribution < 1.29 is 14.3 Å². The molecule has 4 nitrogen and oxygen atoms in total. The summed E-state index contributed by atoms with van der Waals surface area (Å²) in [4.78, 5) is 17.5. The molecule has 0 aliphatic carbocycles. The Morgan fingerprint density at radius 2 is 1.79 bits per heavy atom. The SMILES string of the molecule is CCOC(=O)[C@]1(CI)OC(c2ccccc2)=N[C@H]1c1ccccc1. The molecule has 0 spiro atoms. The maximum Gasteiger partial charge on any atom is 0.354 e. The summed E-state index contributed by atoms with van der Waals surface area (Å²) in [6.07, 6.45) is 0. The molecule has 24 heavy (non-hydrogen) atoms. The van der Waals surface area contributed by atoms with E-state index in [2.05, 4.69) is 22.6 Å². The second kappa shape index (κ2) is 7.34. The van der Waals surface area contributed by atoms with Gasteiger partial charge in [-0.25, -0.2) is 9.79 Å². The number of esters is 1. The van der Waals surface area contributed by atoms with Crippen LogP contribution in [0.5, 0.6) is 0 Å². The average Bonchev–Trinajstić information content (AvgIpc) is 3.04. The number of benzene rings is 2. The van der Waals surface area contributed by atoms with Crippen LogP contribution in [0.2, 0.25) is 0 Å². The van der Waals surface area contributed by atoms with Crippen molar-refractivity contribution in [2.45, 2.75) is 18.6 Å². The van der Waals surface area contributed by atoms with Crippen LogP contribution < -0.4 is 0 Å². The van der Waals surface area contributed by atoms with Crippen molar-refractivity contribution in [3.8, 4) is 0 Å². The molecule has 0 saturated heterocycles. The Bertz CT molecular complexity index is 733. The zero-order valence-corrected chi connectivity index (χ0v) is 15.5. The molecule has 124 valence electrons. The molecular formula is C19H18INO3. The third-order valence-corrected chi connectivity index (χ3v) is 5.06. The summed E-state index contributed by atoms with van der Waals surface area (Å²) >= 11 is 2.17. The van der Waals surface area contributed by atoms with Gasteiger partial charge < -0.3 is 9.47 Å². The van der Waals surface area contributed by atoms with E-state index in [4.69, 9.17) is 14.5 Å². The second-order valence-corrected chi connectivity index (χ2v) is 6.22. The maximum atomic E-state index is 12.7. The molecule has 1 aliphatic rings. The Labute approximate surface area is 155 Å². The van der Waals surface area contributed by atoms with Gasteiger partial charge in [0.25, 0.3) is 0 Å². The molecule has 3 rings (SSSR count). The number of carbonyl (C=O) groups is 1. The fraction of sp³-hybridized carbons (Fsp3) is 0.263. The van der Waals surface area contributed by atoms with Gasteiger partial charge in [-0.15, -0.1) is 0 Å². The largest absolute Gasteiger partial charge is 0.463 e. The Morgan fingerprint density at radius 1 is 1.17 bits per heavy atom. The number of aliphatic imine (C=N–C) groups is 1. The number of halogens is 1. The Balaban J connectivity index is 2.06. The van der Waals surface area contributed by atoms with Gasteiger partial charge >= 0.3 is 5.97 Å². The van der Waals surface area contributed by atoms with Crippen molar-refractivity contribution >= 4 is 34.5 Å². The molecule has 0 N–H and O–H groups in total. The average molecular weight is 435 g/mol. The zero-order chi connectivity index (χ0) is 17.0. The Morgan fingerprint density at radius 3 is 2.38 bits per heavy atom. The molecule has 1 aliphatic heterocycles. The first-order chi connectivity index (χ1) is 11.7. The van der Waals surface area contributed by atoms with Crippen molar-refractivity contribution in [1.29, 1.82) is 0 Å². The van der Waals surface area contributed by atoms with Crippen molar-refractivity contribution in [1.82, 2.24) is 0 Å². The summed E-state index contributed by atoms with van der Waals surface area (Å²) in [6, 6.07) is 19.0. The third kappa shape index (κ3) is 3.05. The molecule has 2 aromatic rings. The number of ether oxygens (including phenoxy) is 2. The van der Waals surface area contributed by atoms with E-state index in [1.54, 1.807) is 6.92 Å². The second-order valence-electron chi connectivity index (χ2n) is 5.46. The van der Waals surface area contributed by atoms with Crippen molar-refractivity contribution in [2.75, 3.05) is 11.0 Å². The summed E-state index contributed by atoms with van der Waals surface area (Å²) in [5, 5.41) is 0. The molecule has 0 unspecified atom stereocenters. The number of alkyl halides is 1. The number of rotatable bonds is 5. The first-order valence-electron chi connectivity index (χ1n) is 7.81. The van der Waals surface area contributed by atoms with Gasteiger partial charge in [0.15, 0.2) is 0 Å². The molecular weight excluding hydrogens is 417 g/mol. The summed E-state index contributed by atoms with van der Waals surface area (Å²) in [5.74, 6) is 0.108. The van der Waals surface area contributed by atoms with Crippen LogP contribution in [0.1, 0.15) is 24.1 Å². The first kappa shape index (κ1) is 17.0. The smallest absolute Gasteiger partial charge is 0.354 e. The molecule has 0 bridgehead atoms. The Hall–Kier alpha value is -1.89. The molecule has 1 heterocycles. The van der Waals surface area contributed by atoms with Gasteiger partial charge in [-0.2, -0.15) is 0 Å². The number of hydrogen-bond donors (Lipinski definition) is 0. The van der Waals surface area contributed by atoms with Crippen molar-refractivity contribution in [3.63, 3.8) is 0 Å². The first-order valence-corrected chi connectivity index (χ1v) is 9.34. The van der Waals surface area contributed by atoms with E-state index < -0.39 is 11.6 Å². The minimum atomic E-state index is -1.14. The Kier molecular flexibility index (Phi) is 5.18. The highest BCUT2D eigenvalue weighted by Crippen LogP contribution is 2.41. The van der Waals surface area contributed by atoms with Crippen LogP contribution >= 0.6 is 22.6 Å². The van der Waals surface area contributed by atoms with Crippen molar-refractivity contribution in [3.05, 3.63) is 71.8 Å². The minimum absolute atomic E-state index is 0.308. The van der Waals surface area contributed by atoms with E-state index in [0.717, 1.165) is 11.1 Å². The van der Waals surface area contributed by atoms with Crippen LogP contribution in [0.4, 0.5) is 0 Å². The molecule has 5 heteroatoms. The normalized spacial score (nSPS) is 22.6. The van der Waals surface area contributed by atoms with Crippen LogP contribution in [0.15, 0.2) is 65.7 Å². The standard InChI is InChI=1S/C19H18INO3/c1-2-23-18(22)19(13-20)16(14-9-5-3-6-10-14)21-17(24-19)15-11-7-4-8-12-15/h3-12,16H,2,13H2,1H3/t16-,19+/m0/s1.